The molecule has 2 N–H and O–H groups in total. The molecule has 1 amide bonds. The summed E-state index contributed by atoms with van der Waals surface area (Å²) in [6, 6.07) is 13.3. The van der Waals surface area contributed by atoms with E-state index in [0.717, 1.165) is 24.3 Å². The SMILES string of the molecule is CN(c1ccccc1)c1ccc(C(=O)NC2(CC(=O)O)CCCC2)cn1. The first-order valence-electron chi connectivity index (χ1n) is 8.78. The standard InChI is InChI=1S/C20H23N3O3/c1-23(16-7-3-2-4-8-16)17-10-9-15(14-21-17)19(26)22-20(13-18(24)25)11-5-6-12-20/h2-4,7-10,14H,5-6,11-13H2,1H3,(H,22,26)(H,24,25). The van der Waals surface area contributed by atoms with Crippen molar-refractivity contribution in [3.05, 3.63) is 54.2 Å². The largest absolute Gasteiger partial charge is 0.481 e. The first-order chi connectivity index (χ1) is 12.5. The van der Waals surface area contributed by atoms with Gasteiger partial charge in [-0.3, -0.25) is 9.59 Å². The first kappa shape index (κ1) is 17.9. The summed E-state index contributed by atoms with van der Waals surface area (Å²) < 4.78 is 0. The summed E-state index contributed by atoms with van der Waals surface area (Å²) in [5, 5.41) is 12.1. The summed E-state index contributed by atoms with van der Waals surface area (Å²) in [6.45, 7) is 0. The molecule has 1 aromatic heterocycles. The molecule has 1 saturated carbocycles. The van der Waals surface area contributed by atoms with Crippen LogP contribution in [0.15, 0.2) is 48.7 Å². The van der Waals surface area contributed by atoms with Crippen LogP contribution in [0, 0.1) is 0 Å². The smallest absolute Gasteiger partial charge is 0.305 e. The minimum atomic E-state index is -0.884. The zero-order chi connectivity index (χ0) is 18.6. The fourth-order valence-electron chi connectivity index (χ4n) is 3.50. The molecule has 0 spiro atoms. The molecule has 6 nitrogen and oxygen atoms in total. The van der Waals surface area contributed by atoms with Crippen molar-refractivity contribution in [2.24, 2.45) is 0 Å². The molecule has 0 bridgehead atoms. The average Bonchev–Trinajstić information content (AvgIpc) is 3.09. The molecule has 136 valence electrons. The monoisotopic (exact) mass is 353 g/mol. The maximum atomic E-state index is 12.6. The Morgan fingerprint density at radius 2 is 1.85 bits per heavy atom. The van der Waals surface area contributed by atoms with Gasteiger partial charge in [0, 0.05) is 18.9 Å². The van der Waals surface area contributed by atoms with Crippen molar-refractivity contribution in [1.29, 1.82) is 0 Å². The van der Waals surface area contributed by atoms with Gasteiger partial charge in [0.2, 0.25) is 0 Å². The number of aromatic nitrogens is 1. The van der Waals surface area contributed by atoms with E-state index in [-0.39, 0.29) is 12.3 Å². The van der Waals surface area contributed by atoms with Gasteiger partial charge in [0.05, 0.1) is 17.5 Å². The summed E-state index contributed by atoms with van der Waals surface area (Å²) in [7, 11) is 1.91. The number of carboxylic acids is 1. The van der Waals surface area contributed by atoms with Crippen LogP contribution in [0.4, 0.5) is 11.5 Å². The van der Waals surface area contributed by atoms with Gasteiger partial charge in [-0.25, -0.2) is 4.98 Å². The van der Waals surface area contributed by atoms with Crippen LogP contribution in [0.2, 0.25) is 0 Å². The summed E-state index contributed by atoms with van der Waals surface area (Å²) in [5.74, 6) is -0.423. The fourth-order valence-corrected chi connectivity index (χ4v) is 3.50. The zero-order valence-corrected chi connectivity index (χ0v) is 14.8. The second-order valence-electron chi connectivity index (χ2n) is 6.81. The van der Waals surface area contributed by atoms with Crippen molar-refractivity contribution in [3.8, 4) is 0 Å². The average molecular weight is 353 g/mol. The number of hydrogen-bond donors (Lipinski definition) is 2. The Morgan fingerprint density at radius 3 is 2.42 bits per heavy atom. The highest BCUT2D eigenvalue weighted by molar-refractivity contribution is 5.95. The first-order valence-corrected chi connectivity index (χ1v) is 8.78. The Kier molecular flexibility index (Phi) is 5.21. The Morgan fingerprint density at radius 1 is 1.15 bits per heavy atom. The van der Waals surface area contributed by atoms with Crippen LogP contribution in [-0.2, 0) is 4.79 Å². The number of hydrogen-bond acceptors (Lipinski definition) is 4. The number of pyridine rings is 1. The lowest BCUT2D eigenvalue weighted by atomic mass is 9.93. The molecule has 6 heteroatoms. The summed E-state index contributed by atoms with van der Waals surface area (Å²) in [4.78, 5) is 30.1. The van der Waals surface area contributed by atoms with E-state index in [0.29, 0.717) is 18.4 Å². The van der Waals surface area contributed by atoms with Crippen molar-refractivity contribution < 1.29 is 14.7 Å². The van der Waals surface area contributed by atoms with Crippen LogP contribution < -0.4 is 10.2 Å². The molecule has 1 aliphatic carbocycles. The normalized spacial score (nSPS) is 15.4. The van der Waals surface area contributed by atoms with E-state index in [4.69, 9.17) is 5.11 Å². The highest BCUT2D eigenvalue weighted by atomic mass is 16.4. The van der Waals surface area contributed by atoms with E-state index in [2.05, 4.69) is 10.3 Å². The van der Waals surface area contributed by atoms with Gasteiger partial charge in [0.1, 0.15) is 5.82 Å². The molecule has 1 aliphatic rings. The third-order valence-corrected chi connectivity index (χ3v) is 4.93. The van der Waals surface area contributed by atoms with Gasteiger partial charge in [0.25, 0.3) is 5.91 Å². The quantitative estimate of drug-likeness (QED) is 0.832. The summed E-state index contributed by atoms with van der Waals surface area (Å²) >= 11 is 0. The Bertz CT molecular complexity index is 769. The summed E-state index contributed by atoms with van der Waals surface area (Å²) in [6.07, 6.45) is 4.77. The number of aliphatic carboxylic acids is 1. The van der Waals surface area contributed by atoms with Crippen molar-refractivity contribution in [2.45, 2.75) is 37.6 Å². The maximum Gasteiger partial charge on any atom is 0.305 e. The van der Waals surface area contributed by atoms with E-state index in [1.54, 1.807) is 12.1 Å². The van der Waals surface area contributed by atoms with E-state index < -0.39 is 11.5 Å². The van der Waals surface area contributed by atoms with Crippen LogP contribution in [-0.4, -0.2) is 34.6 Å². The molecule has 1 fully saturated rings. The van der Waals surface area contributed by atoms with Gasteiger partial charge < -0.3 is 15.3 Å². The van der Waals surface area contributed by atoms with Crippen molar-refractivity contribution in [2.75, 3.05) is 11.9 Å². The van der Waals surface area contributed by atoms with Crippen molar-refractivity contribution in [3.63, 3.8) is 0 Å². The molecule has 2 aromatic rings. The Hall–Kier alpha value is -2.89. The van der Waals surface area contributed by atoms with E-state index in [9.17, 15) is 9.59 Å². The molecule has 3 rings (SSSR count). The maximum absolute atomic E-state index is 12.6. The van der Waals surface area contributed by atoms with Gasteiger partial charge in [-0.1, -0.05) is 31.0 Å². The lowest BCUT2D eigenvalue weighted by molar-refractivity contribution is -0.138. The molecular weight excluding hydrogens is 330 g/mol. The second kappa shape index (κ2) is 7.56. The highest BCUT2D eigenvalue weighted by Gasteiger charge is 2.37. The minimum Gasteiger partial charge on any atom is -0.481 e. The van der Waals surface area contributed by atoms with Gasteiger partial charge in [0.15, 0.2) is 0 Å². The molecule has 0 radical (unpaired) electrons. The predicted octanol–water partition coefficient (Wildman–Crippen LogP) is 3.37. The van der Waals surface area contributed by atoms with Crippen LogP contribution in [0.5, 0.6) is 0 Å². The Balaban J connectivity index is 1.71. The zero-order valence-electron chi connectivity index (χ0n) is 14.8. The number of amides is 1. The van der Waals surface area contributed by atoms with Gasteiger partial charge in [-0.05, 0) is 37.1 Å². The van der Waals surface area contributed by atoms with E-state index in [1.807, 2.05) is 42.3 Å². The van der Waals surface area contributed by atoms with Gasteiger partial charge >= 0.3 is 5.97 Å². The molecule has 0 saturated heterocycles. The van der Waals surface area contributed by atoms with Crippen LogP contribution in [0.1, 0.15) is 42.5 Å². The second-order valence-corrected chi connectivity index (χ2v) is 6.81. The number of rotatable bonds is 6. The number of carbonyl (C=O) groups is 2. The molecule has 1 heterocycles. The van der Waals surface area contributed by atoms with Gasteiger partial charge in [-0.2, -0.15) is 0 Å². The Labute approximate surface area is 152 Å². The molecular formula is C20H23N3O3. The minimum absolute atomic E-state index is 0.0407. The molecule has 0 atom stereocenters. The number of nitrogens with one attached hydrogen (secondary N) is 1. The van der Waals surface area contributed by atoms with Crippen LogP contribution >= 0.6 is 0 Å². The topological polar surface area (TPSA) is 82.5 Å². The predicted molar refractivity (Wildman–Crippen MR) is 99.7 cm³/mol. The van der Waals surface area contributed by atoms with E-state index in [1.165, 1.54) is 6.20 Å². The third kappa shape index (κ3) is 4.02. The lowest BCUT2D eigenvalue weighted by Crippen LogP contribution is -2.47. The molecule has 26 heavy (non-hydrogen) atoms. The van der Waals surface area contributed by atoms with E-state index >= 15 is 0 Å². The number of nitrogens with zero attached hydrogens (tertiary/aromatic N) is 2. The van der Waals surface area contributed by atoms with Crippen LogP contribution in [0.25, 0.3) is 0 Å². The third-order valence-electron chi connectivity index (χ3n) is 4.93. The van der Waals surface area contributed by atoms with Gasteiger partial charge in [-0.15, -0.1) is 0 Å². The number of anilines is 2. The number of para-hydroxylation sites is 1. The van der Waals surface area contributed by atoms with Crippen molar-refractivity contribution >= 4 is 23.4 Å². The molecule has 0 unspecified atom stereocenters. The summed E-state index contributed by atoms with van der Waals surface area (Å²) in [5.41, 5.74) is 0.804. The number of carboxylic acid groups (broad SMARTS) is 1. The fraction of sp³-hybridized carbons (Fsp3) is 0.350. The number of carbonyl (C=O) groups excluding carboxylic acids is 1. The van der Waals surface area contributed by atoms with Crippen molar-refractivity contribution in [1.82, 2.24) is 10.3 Å². The molecule has 0 aliphatic heterocycles. The number of benzene rings is 1. The molecule has 1 aromatic carbocycles. The highest BCUT2D eigenvalue weighted by Crippen LogP contribution is 2.33. The lowest BCUT2D eigenvalue weighted by Gasteiger charge is -2.28. The van der Waals surface area contributed by atoms with Crippen LogP contribution in [0.3, 0.4) is 0 Å².